The molecule has 0 amide bonds. The van der Waals surface area contributed by atoms with E-state index in [0.717, 1.165) is 36.3 Å². The summed E-state index contributed by atoms with van der Waals surface area (Å²) in [5.41, 5.74) is 3.46. The van der Waals surface area contributed by atoms with E-state index in [0.29, 0.717) is 19.6 Å². The van der Waals surface area contributed by atoms with Crippen molar-refractivity contribution in [1.29, 1.82) is 0 Å². The smallest absolute Gasteiger partial charge is 0.119 e. The molecule has 0 radical (unpaired) electrons. The van der Waals surface area contributed by atoms with Crippen molar-refractivity contribution in [3.05, 3.63) is 168 Å². The van der Waals surface area contributed by atoms with Gasteiger partial charge in [-0.3, -0.25) is 0 Å². The molecule has 0 spiro atoms. The number of aliphatic hydroxyl groups excluding tert-OH is 5. The molecule has 0 heterocycles. The Morgan fingerprint density at radius 2 is 0.708 bits per heavy atom. The number of hydrogen-bond acceptors (Lipinski definition) is 7. The van der Waals surface area contributed by atoms with Gasteiger partial charge in [0.25, 0.3) is 0 Å². The molecule has 0 aliphatic carbocycles. The molecular weight excluding hydrogens is 604 g/mol. The topological polar surface area (TPSA) is 120 Å². The molecule has 0 saturated heterocycles. The lowest BCUT2D eigenvalue weighted by molar-refractivity contribution is 0.201. The summed E-state index contributed by atoms with van der Waals surface area (Å²) in [6, 6.07) is 48.7. The lowest BCUT2D eigenvalue weighted by Gasteiger charge is -2.02. The molecule has 48 heavy (non-hydrogen) atoms. The summed E-state index contributed by atoms with van der Waals surface area (Å²) < 4.78 is 10.4. The van der Waals surface area contributed by atoms with Gasteiger partial charge >= 0.3 is 0 Å². The summed E-state index contributed by atoms with van der Waals surface area (Å²) in [4.78, 5) is 0. The second-order valence-corrected chi connectivity index (χ2v) is 10.0. The second kappa shape index (κ2) is 31.1. The minimum Gasteiger partial charge on any atom is -0.494 e. The van der Waals surface area contributed by atoms with Crippen LogP contribution in [0.5, 0.6) is 11.5 Å². The molecule has 0 saturated carbocycles. The van der Waals surface area contributed by atoms with E-state index in [1.165, 1.54) is 11.1 Å². The first-order valence-electron chi connectivity index (χ1n) is 16.2. The summed E-state index contributed by atoms with van der Waals surface area (Å²) in [6.45, 7) is 1.87. The summed E-state index contributed by atoms with van der Waals surface area (Å²) in [6.07, 6.45) is 3.30. The Morgan fingerprint density at radius 1 is 0.333 bits per heavy atom. The van der Waals surface area contributed by atoms with Crippen LogP contribution in [-0.2, 0) is 19.4 Å². The summed E-state index contributed by atoms with van der Waals surface area (Å²) >= 11 is 0. The fraction of sp³-hybridized carbons (Fsp3) is 0.268. The van der Waals surface area contributed by atoms with E-state index < -0.39 is 0 Å². The van der Waals surface area contributed by atoms with Crippen molar-refractivity contribution in [2.75, 3.05) is 39.6 Å². The predicted octanol–water partition coefficient (Wildman–Crippen LogP) is 6.52. The van der Waals surface area contributed by atoms with E-state index in [2.05, 4.69) is 12.1 Å². The summed E-state index contributed by atoms with van der Waals surface area (Å²) in [5, 5.41) is 42.5. The number of aryl methyl sites for hydroxylation is 1. The zero-order valence-electron chi connectivity index (χ0n) is 27.8. The van der Waals surface area contributed by atoms with Crippen LogP contribution >= 0.6 is 0 Å². The molecule has 0 aliphatic rings. The summed E-state index contributed by atoms with van der Waals surface area (Å²) in [7, 11) is 0. The Labute approximate surface area is 286 Å². The van der Waals surface area contributed by atoms with Gasteiger partial charge in [-0.25, -0.2) is 0 Å². The molecule has 5 aromatic carbocycles. The number of para-hydroxylation sites is 2. The minimum atomic E-state index is 0.0644. The molecule has 0 fully saturated rings. The zero-order valence-corrected chi connectivity index (χ0v) is 27.8. The lowest BCUT2D eigenvalue weighted by Crippen LogP contribution is -2.00. The maximum absolute atomic E-state index is 8.54. The normalized spacial score (nSPS) is 9.44. The van der Waals surface area contributed by atoms with Gasteiger partial charge in [0.15, 0.2) is 0 Å². The largest absolute Gasteiger partial charge is 0.494 e. The van der Waals surface area contributed by atoms with Crippen molar-refractivity contribution in [3.8, 4) is 11.5 Å². The first-order valence-corrected chi connectivity index (χ1v) is 16.2. The van der Waals surface area contributed by atoms with Crippen LogP contribution in [0.4, 0.5) is 0 Å². The van der Waals surface area contributed by atoms with Crippen molar-refractivity contribution in [2.45, 2.75) is 32.3 Å². The maximum atomic E-state index is 8.54. The quantitative estimate of drug-likeness (QED) is 0.0916. The van der Waals surface area contributed by atoms with Crippen LogP contribution in [0.15, 0.2) is 152 Å². The zero-order chi connectivity index (χ0) is 34.8. The SMILES string of the molecule is OCCCOc1ccccc1.OCCCc1ccccc1.OCCOc1ccccc1.OCCc1ccccc1.OCc1ccccc1. The van der Waals surface area contributed by atoms with E-state index in [1.807, 2.05) is 140 Å². The molecule has 0 aliphatic heterocycles. The molecule has 5 N–H and O–H groups in total. The van der Waals surface area contributed by atoms with Gasteiger partial charge in [0.1, 0.15) is 18.1 Å². The van der Waals surface area contributed by atoms with E-state index in [4.69, 9.17) is 35.0 Å². The van der Waals surface area contributed by atoms with Gasteiger partial charge < -0.3 is 35.0 Å². The molecule has 5 rings (SSSR count). The fourth-order valence-corrected chi connectivity index (χ4v) is 3.74. The van der Waals surface area contributed by atoms with Gasteiger partial charge in [0, 0.05) is 26.2 Å². The van der Waals surface area contributed by atoms with Gasteiger partial charge in [-0.1, -0.05) is 127 Å². The van der Waals surface area contributed by atoms with Crippen LogP contribution in [-0.4, -0.2) is 65.2 Å². The highest BCUT2D eigenvalue weighted by Crippen LogP contribution is 2.08. The highest BCUT2D eigenvalue weighted by atomic mass is 16.5. The first kappa shape index (κ1) is 41.5. The summed E-state index contributed by atoms with van der Waals surface area (Å²) in [5.74, 6) is 1.66. The third-order valence-corrected chi connectivity index (χ3v) is 6.15. The van der Waals surface area contributed by atoms with Crippen molar-refractivity contribution >= 4 is 0 Å². The van der Waals surface area contributed by atoms with Crippen LogP contribution in [0, 0.1) is 0 Å². The Morgan fingerprint density at radius 3 is 1.06 bits per heavy atom. The van der Waals surface area contributed by atoms with E-state index >= 15 is 0 Å². The third kappa shape index (κ3) is 23.8. The highest BCUT2D eigenvalue weighted by molar-refractivity contribution is 5.21. The second-order valence-electron chi connectivity index (χ2n) is 10.0. The number of ether oxygens (including phenoxy) is 2. The van der Waals surface area contributed by atoms with Crippen LogP contribution < -0.4 is 9.47 Å². The van der Waals surface area contributed by atoms with Crippen LogP contribution in [0.3, 0.4) is 0 Å². The van der Waals surface area contributed by atoms with E-state index in [-0.39, 0.29) is 33.0 Å². The van der Waals surface area contributed by atoms with Gasteiger partial charge in [-0.2, -0.15) is 0 Å². The Bertz CT molecular complexity index is 1280. The molecule has 7 nitrogen and oxygen atoms in total. The number of benzene rings is 5. The van der Waals surface area contributed by atoms with Crippen molar-refractivity contribution < 1.29 is 35.0 Å². The van der Waals surface area contributed by atoms with Crippen LogP contribution in [0.2, 0.25) is 0 Å². The molecule has 258 valence electrons. The van der Waals surface area contributed by atoms with Gasteiger partial charge in [0.05, 0.1) is 19.8 Å². The molecule has 0 aromatic heterocycles. The molecule has 0 bridgehead atoms. The Hall–Kier alpha value is -4.50. The Balaban J connectivity index is 0.000000301. The van der Waals surface area contributed by atoms with Crippen molar-refractivity contribution in [3.63, 3.8) is 0 Å². The third-order valence-electron chi connectivity index (χ3n) is 6.15. The number of rotatable bonds is 13. The predicted molar refractivity (Wildman–Crippen MR) is 194 cm³/mol. The fourth-order valence-electron chi connectivity index (χ4n) is 3.74. The number of aliphatic hydroxyl groups is 5. The van der Waals surface area contributed by atoms with Crippen LogP contribution in [0.25, 0.3) is 0 Å². The van der Waals surface area contributed by atoms with Gasteiger partial charge in [-0.05, 0) is 60.2 Å². The van der Waals surface area contributed by atoms with Crippen molar-refractivity contribution in [2.24, 2.45) is 0 Å². The van der Waals surface area contributed by atoms with Crippen molar-refractivity contribution in [1.82, 2.24) is 0 Å². The Kier molecular flexibility index (Phi) is 26.9. The molecule has 0 atom stereocenters. The van der Waals surface area contributed by atoms with Crippen LogP contribution in [0.1, 0.15) is 29.5 Å². The monoisotopic (exact) mass is 656 g/mol. The van der Waals surface area contributed by atoms with E-state index in [9.17, 15) is 0 Å². The highest BCUT2D eigenvalue weighted by Gasteiger charge is 1.90. The molecular formula is C41H52O7. The lowest BCUT2D eigenvalue weighted by atomic mass is 10.1. The average molecular weight is 657 g/mol. The maximum Gasteiger partial charge on any atom is 0.119 e. The number of hydrogen-bond donors (Lipinski definition) is 5. The first-order chi connectivity index (χ1) is 23.7. The molecule has 5 aromatic rings. The van der Waals surface area contributed by atoms with Gasteiger partial charge in [0.2, 0.25) is 0 Å². The molecule has 0 unspecified atom stereocenters. The molecule has 7 heteroatoms. The van der Waals surface area contributed by atoms with Gasteiger partial charge in [-0.15, -0.1) is 0 Å². The minimum absolute atomic E-state index is 0.0644. The van der Waals surface area contributed by atoms with E-state index in [1.54, 1.807) is 0 Å². The standard InChI is InChI=1S/C9H12O2.C9H12O.C8H10O2.C8H10O.C7H8O/c10-7-4-8-11-9-5-2-1-3-6-9;10-8-4-7-9-5-2-1-3-6-9;9-6-7-10-8-4-2-1-3-5-8;9-7-6-8-4-2-1-3-5-8;8-6-7-4-2-1-3-5-7/h1-3,5-6,10H,4,7-8H2;1-3,5-6,10H,4,7-8H2;1-5,9H,6-7H2;1-5,9H,6-7H2;1-5,8H,6H2. The average Bonchev–Trinajstić information content (AvgIpc) is 3.16.